The van der Waals surface area contributed by atoms with Gasteiger partial charge >= 0.3 is 0 Å². The van der Waals surface area contributed by atoms with Gasteiger partial charge in [0, 0.05) is 28.2 Å². The Kier molecular flexibility index (Phi) is 4.98. The molecule has 8 heteroatoms. The maximum Gasteiger partial charge on any atom is 0.262 e. The molecule has 2 rings (SSSR count). The van der Waals surface area contributed by atoms with E-state index in [9.17, 15) is 8.42 Å². The highest BCUT2D eigenvalue weighted by molar-refractivity contribution is 7.92. The second-order valence-corrected chi connectivity index (χ2v) is 7.72. The van der Waals surface area contributed by atoms with Gasteiger partial charge in [-0.3, -0.25) is 4.72 Å². The Morgan fingerprint density at radius 1 is 1.04 bits per heavy atom. The first kappa shape index (κ1) is 18.0. The Balaban J connectivity index is 2.46. The van der Waals surface area contributed by atoms with E-state index in [4.69, 9.17) is 0 Å². The number of aryl methyl sites for hydroxylation is 2. The molecule has 0 bridgehead atoms. The van der Waals surface area contributed by atoms with E-state index in [2.05, 4.69) is 14.7 Å². The highest BCUT2D eigenvalue weighted by atomic mass is 32.2. The van der Waals surface area contributed by atoms with Crippen molar-refractivity contribution in [1.82, 2.24) is 9.97 Å². The Morgan fingerprint density at radius 2 is 1.71 bits per heavy atom. The van der Waals surface area contributed by atoms with E-state index in [0.717, 1.165) is 5.56 Å². The minimum absolute atomic E-state index is 0.245. The van der Waals surface area contributed by atoms with Crippen molar-refractivity contribution in [3.05, 3.63) is 35.5 Å². The van der Waals surface area contributed by atoms with Crippen LogP contribution >= 0.6 is 0 Å². The van der Waals surface area contributed by atoms with Crippen LogP contribution in [0.3, 0.4) is 0 Å². The summed E-state index contributed by atoms with van der Waals surface area (Å²) in [5, 5.41) is 0. The molecule has 0 atom stereocenters. The molecule has 0 radical (unpaired) electrons. The summed E-state index contributed by atoms with van der Waals surface area (Å²) in [7, 11) is 3.54. The Morgan fingerprint density at radius 3 is 2.25 bits per heavy atom. The zero-order valence-corrected chi connectivity index (χ0v) is 15.6. The van der Waals surface area contributed by atoms with E-state index in [-0.39, 0.29) is 4.90 Å². The fourth-order valence-corrected chi connectivity index (χ4v) is 3.57. The standard InChI is InChI=1S/C16H23N5O2S/c1-11-7-8-14(12(2)9-11)24(22,23)19-13-10-17-16(21(5)6)18-15(13)20(3)4/h7-10,19H,1-6H3. The molecule has 1 aromatic carbocycles. The predicted octanol–water partition coefficient (Wildman–Crippen LogP) is 2.03. The van der Waals surface area contributed by atoms with Crippen LogP contribution in [0.15, 0.2) is 29.3 Å². The Bertz CT molecular complexity index is 848. The third-order valence-electron chi connectivity index (χ3n) is 3.44. The van der Waals surface area contributed by atoms with Crippen LogP contribution in [-0.2, 0) is 10.0 Å². The lowest BCUT2D eigenvalue weighted by Crippen LogP contribution is -2.21. The van der Waals surface area contributed by atoms with Gasteiger partial charge in [-0.1, -0.05) is 17.7 Å². The van der Waals surface area contributed by atoms with E-state index >= 15 is 0 Å². The Hall–Kier alpha value is -2.35. The zero-order chi connectivity index (χ0) is 18.1. The molecule has 7 nitrogen and oxygen atoms in total. The summed E-state index contributed by atoms with van der Waals surface area (Å²) in [6.07, 6.45) is 1.48. The van der Waals surface area contributed by atoms with Crippen LogP contribution in [0.5, 0.6) is 0 Å². The van der Waals surface area contributed by atoms with Gasteiger partial charge in [0.25, 0.3) is 10.0 Å². The molecule has 0 saturated heterocycles. The maximum atomic E-state index is 12.7. The van der Waals surface area contributed by atoms with Crippen molar-refractivity contribution in [2.75, 3.05) is 42.7 Å². The molecule has 0 spiro atoms. The lowest BCUT2D eigenvalue weighted by Gasteiger charge is -2.20. The summed E-state index contributed by atoms with van der Waals surface area (Å²) in [6.45, 7) is 3.70. The number of hydrogen-bond donors (Lipinski definition) is 1. The van der Waals surface area contributed by atoms with Gasteiger partial charge in [0.05, 0.1) is 11.1 Å². The van der Waals surface area contributed by atoms with Gasteiger partial charge in [-0.25, -0.2) is 13.4 Å². The summed E-state index contributed by atoms with van der Waals surface area (Å²) in [5.41, 5.74) is 2.05. The van der Waals surface area contributed by atoms with Crippen LogP contribution in [0.2, 0.25) is 0 Å². The number of aromatic nitrogens is 2. The molecule has 24 heavy (non-hydrogen) atoms. The number of anilines is 3. The number of nitrogens with zero attached hydrogens (tertiary/aromatic N) is 4. The van der Waals surface area contributed by atoms with Crippen molar-refractivity contribution in [2.24, 2.45) is 0 Å². The first-order valence-electron chi connectivity index (χ1n) is 7.43. The van der Waals surface area contributed by atoms with Crippen molar-refractivity contribution in [2.45, 2.75) is 18.7 Å². The summed E-state index contributed by atoms with van der Waals surface area (Å²) >= 11 is 0. The molecule has 0 amide bonds. The molecule has 0 aliphatic rings. The zero-order valence-electron chi connectivity index (χ0n) is 14.8. The number of nitrogens with one attached hydrogen (secondary N) is 1. The van der Waals surface area contributed by atoms with Crippen molar-refractivity contribution in [3.8, 4) is 0 Å². The smallest absolute Gasteiger partial charge is 0.262 e. The van der Waals surface area contributed by atoms with Crippen LogP contribution in [0.4, 0.5) is 17.5 Å². The van der Waals surface area contributed by atoms with Gasteiger partial charge in [-0.15, -0.1) is 0 Å². The molecular formula is C16H23N5O2S. The third-order valence-corrected chi connectivity index (χ3v) is 4.97. The first-order valence-corrected chi connectivity index (χ1v) is 8.92. The van der Waals surface area contributed by atoms with Crippen LogP contribution in [0, 0.1) is 13.8 Å². The number of rotatable bonds is 5. The van der Waals surface area contributed by atoms with Gasteiger partial charge in [0.15, 0.2) is 5.82 Å². The molecule has 0 saturated carbocycles. The van der Waals surface area contributed by atoms with Crippen molar-refractivity contribution in [3.63, 3.8) is 0 Å². The predicted molar refractivity (Wildman–Crippen MR) is 97.4 cm³/mol. The minimum atomic E-state index is -3.72. The van der Waals surface area contributed by atoms with Crippen LogP contribution in [-0.4, -0.2) is 46.6 Å². The lowest BCUT2D eigenvalue weighted by atomic mass is 10.2. The van der Waals surface area contributed by atoms with Crippen molar-refractivity contribution in [1.29, 1.82) is 0 Å². The molecule has 0 aliphatic heterocycles. The van der Waals surface area contributed by atoms with Crippen LogP contribution < -0.4 is 14.5 Å². The summed E-state index contributed by atoms with van der Waals surface area (Å²) in [5.74, 6) is 1.01. The van der Waals surface area contributed by atoms with Crippen LogP contribution in [0.25, 0.3) is 0 Å². The molecule has 130 valence electrons. The van der Waals surface area contributed by atoms with Gasteiger partial charge in [-0.05, 0) is 25.5 Å². The SMILES string of the molecule is Cc1ccc(S(=O)(=O)Nc2cnc(N(C)C)nc2N(C)C)c(C)c1. The summed E-state index contributed by atoms with van der Waals surface area (Å²) in [6, 6.07) is 5.23. The van der Waals surface area contributed by atoms with E-state index in [1.54, 1.807) is 43.0 Å². The highest BCUT2D eigenvalue weighted by Gasteiger charge is 2.20. The van der Waals surface area contributed by atoms with E-state index in [1.165, 1.54) is 6.20 Å². The van der Waals surface area contributed by atoms with Gasteiger partial charge in [0.1, 0.15) is 5.69 Å². The summed E-state index contributed by atoms with van der Waals surface area (Å²) in [4.78, 5) is 12.3. The molecule has 1 N–H and O–H groups in total. The number of benzene rings is 1. The van der Waals surface area contributed by atoms with Crippen molar-refractivity contribution < 1.29 is 8.42 Å². The highest BCUT2D eigenvalue weighted by Crippen LogP contribution is 2.27. The van der Waals surface area contributed by atoms with Gasteiger partial charge in [0.2, 0.25) is 5.95 Å². The van der Waals surface area contributed by atoms with E-state index in [0.29, 0.717) is 23.0 Å². The topological polar surface area (TPSA) is 78.4 Å². The van der Waals surface area contributed by atoms with E-state index in [1.807, 2.05) is 27.1 Å². The molecule has 1 heterocycles. The molecule has 2 aromatic rings. The maximum absolute atomic E-state index is 12.7. The first-order chi connectivity index (χ1) is 11.1. The third kappa shape index (κ3) is 3.76. The molecule has 1 aromatic heterocycles. The number of sulfonamides is 1. The fraction of sp³-hybridized carbons (Fsp3) is 0.375. The average Bonchev–Trinajstić information content (AvgIpc) is 2.46. The average molecular weight is 349 g/mol. The van der Waals surface area contributed by atoms with Gasteiger partial charge in [-0.2, -0.15) is 4.98 Å². The molecule has 0 aliphatic carbocycles. The van der Waals surface area contributed by atoms with Gasteiger partial charge < -0.3 is 9.80 Å². The second kappa shape index (κ2) is 6.64. The van der Waals surface area contributed by atoms with E-state index < -0.39 is 10.0 Å². The Labute approximate surface area is 143 Å². The number of hydrogen-bond acceptors (Lipinski definition) is 6. The fourth-order valence-electron chi connectivity index (χ4n) is 2.29. The second-order valence-electron chi connectivity index (χ2n) is 6.07. The molecule has 0 unspecified atom stereocenters. The monoisotopic (exact) mass is 349 g/mol. The normalized spacial score (nSPS) is 11.2. The van der Waals surface area contributed by atoms with Crippen LogP contribution in [0.1, 0.15) is 11.1 Å². The summed E-state index contributed by atoms with van der Waals surface area (Å²) < 4.78 is 28.1. The minimum Gasteiger partial charge on any atom is -0.361 e. The quantitative estimate of drug-likeness (QED) is 0.890. The molecule has 0 fully saturated rings. The van der Waals surface area contributed by atoms with Crippen molar-refractivity contribution >= 4 is 27.5 Å². The largest absolute Gasteiger partial charge is 0.361 e. The lowest BCUT2D eigenvalue weighted by molar-refractivity contribution is 0.600. The molecular weight excluding hydrogens is 326 g/mol.